The fraction of sp³-hybridized carbons (Fsp3) is 0.538. The number of likely N-dealkylation sites (tertiary alicyclic amines) is 1. The SMILES string of the molecule is Cc1nc(C2CN(C(=O)c3ccc(F)cc3OC3CC4CC(F)C(C3)N4CCO)CC2=N)nc(C)c1Cl. The number of fused-ring (bicyclic) bond motifs is 2. The van der Waals surface area contributed by atoms with Gasteiger partial charge in [0.25, 0.3) is 5.91 Å². The van der Waals surface area contributed by atoms with Crippen molar-refractivity contribution in [2.75, 3.05) is 26.2 Å². The van der Waals surface area contributed by atoms with Crippen LogP contribution in [0.3, 0.4) is 0 Å². The van der Waals surface area contributed by atoms with Crippen LogP contribution in [0.1, 0.15) is 52.8 Å². The number of carbonyl (C=O) groups is 1. The van der Waals surface area contributed by atoms with Gasteiger partial charge in [0, 0.05) is 49.8 Å². The second kappa shape index (κ2) is 10.2. The Morgan fingerprint density at radius 3 is 2.65 bits per heavy atom. The zero-order chi connectivity index (χ0) is 26.4. The predicted molar refractivity (Wildman–Crippen MR) is 134 cm³/mol. The molecule has 1 aromatic heterocycles. The van der Waals surface area contributed by atoms with E-state index in [0.29, 0.717) is 53.8 Å². The van der Waals surface area contributed by atoms with Crippen LogP contribution in [-0.4, -0.2) is 87.1 Å². The number of hydrogen-bond acceptors (Lipinski definition) is 7. The third-order valence-electron chi connectivity index (χ3n) is 7.66. The number of nitrogens with one attached hydrogen (secondary N) is 1. The normalized spacial score (nSPS) is 27.7. The average Bonchev–Trinajstić information content (AvgIpc) is 3.31. The summed E-state index contributed by atoms with van der Waals surface area (Å²) in [7, 11) is 0. The van der Waals surface area contributed by atoms with E-state index in [4.69, 9.17) is 21.7 Å². The highest BCUT2D eigenvalue weighted by Crippen LogP contribution is 2.39. The van der Waals surface area contributed by atoms with Crippen LogP contribution in [0.15, 0.2) is 18.2 Å². The van der Waals surface area contributed by atoms with E-state index in [9.17, 15) is 18.7 Å². The molecule has 3 aliphatic heterocycles. The Morgan fingerprint density at radius 2 is 1.97 bits per heavy atom. The molecule has 4 heterocycles. The lowest BCUT2D eigenvalue weighted by Crippen LogP contribution is -2.48. The number of aliphatic hydroxyl groups excluding tert-OH is 1. The van der Waals surface area contributed by atoms with E-state index in [1.165, 1.54) is 23.1 Å². The number of aliphatic hydroxyl groups is 1. The third kappa shape index (κ3) is 4.94. The second-order valence-corrected chi connectivity index (χ2v) is 10.5. The summed E-state index contributed by atoms with van der Waals surface area (Å²) in [6, 6.07) is 3.36. The maximum Gasteiger partial charge on any atom is 0.257 e. The zero-order valence-corrected chi connectivity index (χ0v) is 21.5. The van der Waals surface area contributed by atoms with E-state index in [-0.39, 0.29) is 55.1 Å². The Labute approximate surface area is 219 Å². The van der Waals surface area contributed by atoms with Gasteiger partial charge in [-0.05, 0) is 32.4 Å². The van der Waals surface area contributed by atoms with Crippen LogP contribution in [0.4, 0.5) is 8.78 Å². The molecule has 11 heteroatoms. The second-order valence-electron chi connectivity index (χ2n) is 10.1. The largest absolute Gasteiger partial charge is 0.489 e. The van der Waals surface area contributed by atoms with Crippen molar-refractivity contribution in [3.05, 3.63) is 51.8 Å². The lowest BCUT2D eigenvalue weighted by atomic mass is 9.99. The molecule has 1 aromatic carbocycles. The van der Waals surface area contributed by atoms with Gasteiger partial charge in [0.05, 0.1) is 41.0 Å². The molecule has 5 unspecified atom stereocenters. The molecule has 0 spiro atoms. The highest BCUT2D eigenvalue weighted by Gasteiger charge is 2.47. The van der Waals surface area contributed by atoms with Gasteiger partial charge in [-0.3, -0.25) is 9.69 Å². The molecule has 0 aliphatic carbocycles. The Hall–Kier alpha value is -2.69. The number of alkyl halides is 1. The molecule has 2 aromatic rings. The predicted octanol–water partition coefficient (Wildman–Crippen LogP) is 3.46. The van der Waals surface area contributed by atoms with Gasteiger partial charge in [-0.1, -0.05) is 11.6 Å². The van der Waals surface area contributed by atoms with Crippen molar-refractivity contribution in [3.8, 4) is 5.75 Å². The molecule has 2 bridgehead atoms. The molecule has 198 valence electrons. The molecule has 0 saturated carbocycles. The highest BCUT2D eigenvalue weighted by atomic mass is 35.5. The van der Waals surface area contributed by atoms with E-state index in [2.05, 4.69) is 9.97 Å². The monoisotopic (exact) mass is 533 g/mol. The fourth-order valence-electron chi connectivity index (χ4n) is 5.88. The number of rotatable bonds is 6. The van der Waals surface area contributed by atoms with Crippen LogP contribution in [0.25, 0.3) is 0 Å². The third-order valence-corrected chi connectivity index (χ3v) is 8.21. The van der Waals surface area contributed by atoms with Crippen molar-refractivity contribution in [2.24, 2.45) is 0 Å². The topological polar surface area (TPSA) is 103 Å². The standard InChI is InChI=1S/C26H30ClF2N5O3/c1-13-24(27)14(2)32-25(31-13)19-11-33(12-21(19)30)26(36)18-4-3-15(28)7-23(18)37-17-8-16-9-20(29)22(10-17)34(16)5-6-35/h3-4,7,16-17,19-20,22,30,35H,5-6,8-12H2,1-2H3. The number of piperidine rings is 1. The van der Waals surface area contributed by atoms with Crippen molar-refractivity contribution in [2.45, 2.75) is 63.4 Å². The number of carbonyl (C=O) groups excluding carboxylic acids is 1. The van der Waals surface area contributed by atoms with Gasteiger partial charge in [-0.2, -0.15) is 0 Å². The molecule has 0 radical (unpaired) electrons. The Balaban J connectivity index is 1.34. The van der Waals surface area contributed by atoms with Crippen molar-refractivity contribution < 1.29 is 23.4 Å². The first-order valence-electron chi connectivity index (χ1n) is 12.5. The smallest absolute Gasteiger partial charge is 0.257 e. The Bertz CT molecular complexity index is 1210. The Kier molecular flexibility index (Phi) is 7.17. The van der Waals surface area contributed by atoms with Crippen LogP contribution >= 0.6 is 11.6 Å². The number of halogens is 3. The first kappa shape index (κ1) is 25.9. The Morgan fingerprint density at radius 1 is 1.24 bits per heavy atom. The lowest BCUT2D eigenvalue weighted by Gasteiger charge is -2.38. The minimum atomic E-state index is -1.01. The van der Waals surface area contributed by atoms with Gasteiger partial charge in [0.2, 0.25) is 0 Å². The minimum Gasteiger partial charge on any atom is -0.489 e. The quantitative estimate of drug-likeness (QED) is 0.589. The highest BCUT2D eigenvalue weighted by molar-refractivity contribution is 6.31. The number of amides is 1. The molecule has 1 amide bonds. The van der Waals surface area contributed by atoms with Crippen molar-refractivity contribution in [1.82, 2.24) is 19.8 Å². The molecular weight excluding hydrogens is 504 g/mol. The summed E-state index contributed by atoms with van der Waals surface area (Å²) in [5, 5.41) is 18.3. The zero-order valence-electron chi connectivity index (χ0n) is 20.8. The van der Waals surface area contributed by atoms with Gasteiger partial charge in [0.1, 0.15) is 29.7 Å². The van der Waals surface area contributed by atoms with Crippen LogP contribution in [0.5, 0.6) is 5.75 Å². The number of nitrogens with zero attached hydrogens (tertiary/aromatic N) is 4. The summed E-state index contributed by atoms with van der Waals surface area (Å²) < 4.78 is 35.0. The van der Waals surface area contributed by atoms with E-state index in [0.717, 1.165) is 0 Å². The molecule has 3 fully saturated rings. The molecule has 5 rings (SSSR count). The summed E-state index contributed by atoms with van der Waals surface area (Å²) in [6.07, 6.45) is -0.0806. The summed E-state index contributed by atoms with van der Waals surface area (Å²) >= 11 is 6.19. The molecule has 8 nitrogen and oxygen atoms in total. The number of ether oxygens (including phenoxy) is 1. The van der Waals surface area contributed by atoms with Crippen LogP contribution in [0.2, 0.25) is 5.02 Å². The number of aromatic nitrogens is 2. The number of aryl methyl sites for hydroxylation is 2. The summed E-state index contributed by atoms with van der Waals surface area (Å²) in [6.45, 7) is 4.22. The minimum absolute atomic E-state index is 0.0418. The van der Waals surface area contributed by atoms with Crippen LogP contribution in [-0.2, 0) is 0 Å². The van der Waals surface area contributed by atoms with E-state index < -0.39 is 17.9 Å². The average molecular weight is 534 g/mol. The van der Waals surface area contributed by atoms with Crippen LogP contribution < -0.4 is 4.74 Å². The molecule has 37 heavy (non-hydrogen) atoms. The fourth-order valence-corrected chi connectivity index (χ4v) is 5.97. The van der Waals surface area contributed by atoms with E-state index in [1.807, 2.05) is 4.90 Å². The van der Waals surface area contributed by atoms with Gasteiger partial charge in [0.15, 0.2) is 0 Å². The molecule has 2 N–H and O–H groups in total. The van der Waals surface area contributed by atoms with Crippen molar-refractivity contribution >= 4 is 23.2 Å². The first-order valence-corrected chi connectivity index (χ1v) is 12.9. The lowest BCUT2D eigenvalue weighted by molar-refractivity contribution is 0.0285. The van der Waals surface area contributed by atoms with Gasteiger partial charge >= 0.3 is 0 Å². The van der Waals surface area contributed by atoms with Crippen molar-refractivity contribution in [1.29, 1.82) is 5.41 Å². The van der Waals surface area contributed by atoms with Crippen molar-refractivity contribution in [3.63, 3.8) is 0 Å². The molecular formula is C26H30ClF2N5O3. The maximum atomic E-state index is 14.6. The summed E-state index contributed by atoms with van der Waals surface area (Å²) in [4.78, 5) is 25.9. The van der Waals surface area contributed by atoms with Crippen LogP contribution in [0, 0.1) is 25.1 Å². The van der Waals surface area contributed by atoms with E-state index in [1.54, 1.807) is 13.8 Å². The summed E-state index contributed by atoms with van der Waals surface area (Å²) in [5.74, 6) is -0.820. The maximum absolute atomic E-state index is 14.6. The number of benzene rings is 1. The molecule has 3 saturated heterocycles. The summed E-state index contributed by atoms with van der Waals surface area (Å²) in [5.41, 5.74) is 1.73. The molecule has 5 atom stereocenters. The first-order chi connectivity index (χ1) is 17.7. The van der Waals surface area contributed by atoms with Gasteiger partial charge < -0.3 is 20.2 Å². The number of hydrogen-bond donors (Lipinski definition) is 2. The molecule has 3 aliphatic rings. The van der Waals surface area contributed by atoms with Gasteiger partial charge in [-0.15, -0.1) is 0 Å². The van der Waals surface area contributed by atoms with E-state index >= 15 is 0 Å². The van der Waals surface area contributed by atoms with Gasteiger partial charge in [-0.25, -0.2) is 18.7 Å².